The quantitative estimate of drug-likeness (QED) is 0.877. The zero-order valence-corrected chi connectivity index (χ0v) is 10.7. The fourth-order valence-corrected chi connectivity index (χ4v) is 2.70. The van der Waals surface area contributed by atoms with Gasteiger partial charge in [0.25, 0.3) is 0 Å². The number of rotatable bonds is 4. The molecule has 0 bridgehead atoms. The molecule has 19 heavy (non-hydrogen) atoms. The Bertz CT molecular complexity index is 462. The van der Waals surface area contributed by atoms with Crippen LogP contribution >= 0.6 is 0 Å². The predicted octanol–water partition coefficient (Wildman–Crippen LogP) is 2.12. The number of carboxylic acid groups (broad SMARTS) is 1. The van der Waals surface area contributed by atoms with E-state index in [1.54, 1.807) is 4.90 Å². The van der Waals surface area contributed by atoms with Gasteiger partial charge in [0, 0.05) is 19.7 Å². The molecule has 1 fully saturated rings. The van der Waals surface area contributed by atoms with E-state index in [0.29, 0.717) is 25.4 Å². The van der Waals surface area contributed by atoms with Crippen molar-refractivity contribution in [2.75, 3.05) is 24.6 Å². The number of aromatic carboxylic acids is 1. The highest BCUT2D eigenvalue weighted by Gasteiger charge is 2.25. The summed E-state index contributed by atoms with van der Waals surface area (Å²) >= 11 is 0. The third-order valence-electron chi connectivity index (χ3n) is 3.59. The Morgan fingerprint density at radius 1 is 1.47 bits per heavy atom. The van der Waals surface area contributed by atoms with Gasteiger partial charge >= 0.3 is 5.97 Å². The van der Waals surface area contributed by atoms with Gasteiger partial charge < -0.3 is 15.1 Å². The summed E-state index contributed by atoms with van der Waals surface area (Å²) in [7, 11) is 0. The van der Waals surface area contributed by atoms with Crippen LogP contribution < -0.4 is 4.90 Å². The molecule has 5 heteroatoms. The normalized spacial score (nSPS) is 19.5. The summed E-state index contributed by atoms with van der Waals surface area (Å²) in [5.41, 5.74) is 0.183. The summed E-state index contributed by atoms with van der Waals surface area (Å²) < 4.78 is 14.0. The van der Waals surface area contributed by atoms with Crippen molar-refractivity contribution in [3.05, 3.63) is 29.6 Å². The SMILES string of the molecule is O=C(O)c1cccc(F)c1N1CCCC(CCO)C1. The largest absolute Gasteiger partial charge is 0.478 e. The zero-order chi connectivity index (χ0) is 13.8. The van der Waals surface area contributed by atoms with Gasteiger partial charge in [0.1, 0.15) is 5.82 Å². The minimum atomic E-state index is -1.11. The second-order valence-electron chi connectivity index (χ2n) is 4.91. The number of halogens is 1. The molecule has 1 aliphatic heterocycles. The highest BCUT2D eigenvalue weighted by Crippen LogP contribution is 2.30. The van der Waals surface area contributed by atoms with E-state index in [2.05, 4.69) is 0 Å². The fraction of sp³-hybridized carbons (Fsp3) is 0.500. The predicted molar refractivity (Wildman–Crippen MR) is 70.0 cm³/mol. The summed E-state index contributed by atoms with van der Waals surface area (Å²) in [6.45, 7) is 1.37. The first-order valence-corrected chi connectivity index (χ1v) is 6.51. The first-order chi connectivity index (χ1) is 9.13. The molecule has 0 amide bonds. The van der Waals surface area contributed by atoms with Crippen molar-refractivity contribution in [3.8, 4) is 0 Å². The average Bonchev–Trinajstić information content (AvgIpc) is 2.39. The van der Waals surface area contributed by atoms with E-state index in [4.69, 9.17) is 10.2 Å². The summed E-state index contributed by atoms with van der Waals surface area (Å²) in [5.74, 6) is -1.32. The van der Waals surface area contributed by atoms with Gasteiger partial charge in [-0.3, -0.25) is 0 Å². The molecule has 1 atom stereocenters. The lowest BCUT2D eigenvalue weighted by atomic mass is 9.94. The Kier molecular flexibility index (Phi) is 4.37. The van der Waals surface area contributed by atoms with Crippen LogP contribution in [-0.4, -0.2) is 35.9 Å². The van der Waals surface area contributed by atoms with Crippen LogP contribution in [0.25, 0.3) is 0 Å². The van der Waals surface area contributed by atoms with E-state index in [1.165, 1.54) is 18.2 Å². The summed E-state index contributed by atoms with van der Waals surface area (Å²) in [5, 5.41) is 18.1. The van der Waals surface area contributed by atoms with Crippen LogP contribution in [0.2, 0.25) is 0 Å². The molecule has 0 aliphatic carbocycles. The first-order valence-electron chi connectivity index (χ1n) is 6.51. The molecule has 1 aromatic rings. The van der Waals surface area contributed by atoms with E-state index in [-0.39, 0.29) is 17.9 Å². The Hall–Kier alpha value is -1.62. The van der Waals surface area contributed by atoms with Gasteiger partial charge in [0.2, 0.25) is 0 Å². The second kappa shape index (κ2) is 6.02. The van der Waals surface area contributed by atoms with Crippen LogP contribution in [0.15, 0.2) is 18.2 Å². The minimum Gasteiger partial charge on any atom is -0.478 e. The maximum Gasteiger partial charge on any atom is 0.337 e. The van der Waals surface area contributed by atoms with Crippen molar-refractivity contribution >= 4 is 11.7 Å². The molecule has 104 valence electrons. The molecule has 0 radical (unpaired) electrons. The number of piperidine rings is 1. The highest BCUT2D eigenvalue weighted by molar-refractivity contribution is 5.94. The van der Waals surface area contributed by atoms with Gasteiger partial charge in [-0.15, -0.1) is 0 Å². The molecular weight excluding hydrogens is 249 g/mol. The number of carboxylic acids is 1. The first kappa shape index (κ1) is 13.8. The Labute approximate surface area is 111 Å². The molecule has 1 unspecified atom stereocenters. The Morgan fingerprint density at radius 3 is 2.95 bits per heavy atom. The molecule has 2 rings (SSSR count). The van der Waals surface area contributed by atoms with Crippen molar-refractivity contribution < 1.29 is 19.4 Å². The maximum absolute atomic E-state index is 14.0. The fourth-order valence-electron chi connectivity index (χ4n) is 2.70. The van der Waals surface area contributed by atoms with E-state index in [9.17, 15) is 9.18 Å². The molecule has 0 spiro atoms. The highest BCUT2D eigenvalue weighted by atomic mass is 19.1. The van der Waals surface area contributed by atoms with Crippen molar-refractivity contribution in [1.82, 2.24) is 0 Å². The van der Waals surface area contributed by atoms with Crippen LogP contribution in [0.1, 0.15) is 29.6 Å². The van der Waals surface area contributed by atoms with Crippen molar-refractivity contribution in [2.24, 2.45) is 5.92 Å². The number of hydrogen-bond acceptors (Lipinski definition) is 3. The molecule has 2 N–H and O–H groups in total. The van der Waals surface area contributed by atoms with Crippen molar-refractivity contribution in [3.63, 3.8) is 0 Å². The van der Waals surface area contributed by atoms with E-state index >= 15 is 0 Å². The second-order valence-corrected chi connectivity index (χ2v) is 4.91. The van der Waals surface area contributed by atoms with Gasteiger partial charge in [0.05, 0.1) is 11.3 Å². The zero-order valence-electron chi connectivity index (χ0n) is 10.7. The molecule has 1 heterocycles. The number of aliphatic hydroxyl groups is 1. The topological polar surface area (TPSA) is 60.8 Å². The number of anilines is 1. The van der Waals surface area contributed by atoms with Crippen LogP contribution in [0.5, 0.6) is 0 Å². The van der Waals surface area contributed by atoms with Crippen LogP contribution in [-0.2, 0) is 0 Å². The number of hydrogen-bond donors (Lipinski definition) is 2. The summed E-state index contributed by atoms with van der Waals surface area (Å²) in [4.78, 5) is 13.0. The van der Waals surface area contributed by atoms with Gasteiger partial charge in [-0.25, -0.2) is 9.18 Å². The number of para-hydroxylation sites is 1. The van der Waals surface area contributed by atoms with E-state index in [0.717, 1.165) is 12.8 Å². The summed E-state index contributed by atoms with van der Waals surface area (Å²) in [6, 6.07) is 4.13. The number of benzene rings is 1. The van der Waals surface area contributed by atoms with Gasteiger partial charge in [-0.2, -0.15) is 0 Å². The molecule has 0 aromatic heterocycles. The standard InChI is InChI=1S/C14H18FNO3/c15-12-5-1-4-11(14(18)19)13(12)16-7-2-3-10(9-16)6-8-17/h1,4-5,10,17H,2-3,6-9H2,(H,18,19). The van der Waals surface area contributed by atoms with Crippen LogP contribution in [0.4, 0.5) is 10.1 Å². The lowest BCUT2D eigenvalue weighted by molar-refractivity contribution is 0.0696. The van der Waals surface area contributed by atoms with Crippen LogP contribution in [0, 0.1) is 11.7 Å². The Morgan fingerprint density at radius 2 is 2.26 bits per heavy atom. The Balaban J connectivity index is 2.28. The molecule has 1 aromatic carbocycles. The lowest BCUT2D eigenvalue weighted by Gasteiger charge is -2.35. The third kappa shape index (κ3) is 3.04. The van der Waals surface area contributed by atoms with E-state index < -0.39 is 11.8 Å². The minimum absolute atomic E-state index is 0.00430. The number of nitrogens with zero attached hydrogens (tertiary/aromatic N) is 1. The molecule has 4 nitrogen and oxygen atoms in total. The average molecular weight is 267 g/mol. The molecular formula is C14H18FNO3. The monoisotopic (exact) mass is 267 g/mol. The molecule has 1 aliphatic rings. The van der Waals surface area contributed by atoms with Gasteiger partial charge in [-0.05, 0) is 37.3 Å². The molecule has 1 saturated heterocycles. The van der Waals surface area contributed by atoms with Gasteiger partial charge in [-0.1, -0.05) is 6.07 Å². The van der Waals surface area contributed by atoms with Crippen molar-refractivity contribution in [2.45, 2.75) is 19.3 Å². The van der Waals surface area contributed by atoms with Crippen LogP contribution in [0.3, 0.4) is 0 Å². The van der Waals surface area contributed by atoms with E-state index in [1.807, 2.05) is 0 Å². The van der Waals surface area contributed by atoms with Crippen molar-refractivity contribution in [1.29, 1.82) is 0 Å². The summed E-state index contributed by atoms with van der Waals surface area (Å²) in [6.07, 6.45) is 2.55. The lowest BCUT2D eigenvalue weighted by Crippen LogP contribution is -2.37. The smallest absolute Gasteiger partial charge is 0.337 e. The van der Waals surface area contributed by atoms with Gasteiger partial charge in [0.15, 0.2) is 0 Å². The maximum atomic E-state index is 14.0. The number of carbonyl (C=O) groups is 1. The molecule has 0 saturated carbocycles. The third-order valence-corrected chi connectivity index (χ3v) is 3.59. The number of aliphatic hydroxyl groups excluding tert-OH is 1.